The molecule has 2 rings (SSSR count). The number of unbranched alkanes of at least 4 members (excludes halogenated alkanes) is 3. The lowest BCUT2D eigenvalue weighted by molar-refractivity contribution is -0.131. The van der Waals surface area contributed by atoms with Crippen molar-refractivity contribution >= 4 is 42.1 Å². The molecular weight excluding hydrogens is 393 g/mol. The molecule has 1 fully saturated rings. The van der Waals surface area contributed by atoms with Crippen molar-refractivity contribution in [3.63, 3.8) is 0 Å². The van der Waals surface area contributed by atoms with Crippen LogP contribution in [-0.4, -0.2) is 62.1 Å². The smallest absolute Gasteiger partial charge is 0.222 e. The van der Waals surface area contributed by atoms with E-state index in [0.29, 0.717) is 6.42 Å². The van der Waals surface area contributed by atoms with Crippen molar-refractivity contribution in [3.05, 3.63) is 22.4 Å². The number of morpholine rings is 1. The maximum Gasteiger partial charge on any atom is 0.222 e. The normalized spacial score (nSPS) is 15.6. The zero-order chi connectivity index (χ0) is 17.2. The van der Waals surface area contributed by atoms with E-state index in [0.717, 1.165) is 65.1 Å². The fourth-order valence-corrected chi connectivity index (χ4v) is 3.93. The predicted molar refractivity (Wildman–Crippen MR) is 114 cm³/mol. The molecule has 2 heterocycles. The first-order valence-corrected chi connectivity index (χ1v) is 9.89. The molecule has 1 saturated heterocycles. The number of hydrogen-bond donors (Lipinski definition) is 1. The number of thiophene rings is 1. The fraction of sp³-hybridized carbons (Fsp3) is 0.722. The Hall–Kier alpha value is -0.370. The summed E-state index contributed by atoms with van der Waals surface area (Å²) in [4.78, 5) is 18.1. The molecule has 0 radical (unpaired) electrons. The lowest BCUT2D eigenvalue weighted by Crippen LogP contribution is -2.44. The van der Waals surface area contributed by atoms with Gasteiger partial charge in [-0.3, -0.25) is 9.69 Å². The Balaban J connectivity index is 0.00000312. The Labute approximate surface area is 174 Å². The van der Waals surface area contributed by atoms with Crippen LogP contribution in [0.4, 0.5) is 0 Å². The molecule has 1 atom stereocenters. The number of halogens is 2. The first-order chi connectivity index (χ1) is 11.7. The second-order valence-electron chi connectivity index (χ2n) is 6.41. The van der Waals surface area contributed by atoms with Crippen LogP contribution in [0.1, 0.15) is 43.0 Å². The molecule has 1 unspecified atom stereocenters. The number of amides is 1. The molecule has 152 valence electrons. The Morgan fingerprint density at radius 1 is 1.27 bits per heavy atom. The first-order valence-electron chi connectivity index (χ1n) is 9.01. The van der Waals surface area contributed by atoms with E-state index < -0.39 is 0 Å². The first kappa shape index (κ1) is 25.6. The zero-order valence-corrected chi connectivity index (χ0v) is 18.1. The molecule has 1 amide bonds. The molecule has 8 heteroatoms. The van der Waals surface area contributed by atoms with E-state index >= 15 is 0 Å². The van der Waals surface area contributed by atoms with Crippen LogP contribution in [0.15, 0.2) is 17.5 Å². The highest BCUT2D eigenvalue weighted by Crippen LogP contribution is 2.27. The van der Waals surface area contributed by atoms with Crippen molar-refractivity contribution < 1.29 is 9.53 Å². The highest BCUT2D eigenvalue weighted by atomic mass is 35.5. The van der Waals surface area contributed by atoms with Gasteiger partial charge in [-0.25, -0.2) is 0 Å². The third-order valence-electron chi connectivity index (χ3n) is 4.58. The quantitative estimate of drug-likeness (QED) is 0.583. The summed E-state index contributed by atoms with van der Waals surface area (Å²) < 4.78 is 5.48. The summed E-state index contributed by atoms with van der Waals surface area (Å²) in [6, 6.07) is 4.54. The van der Waals surface area contributed by atoms with E-state index in [1.54, 1.807) is 11.3 Å². The molecule has 1 aromatic heterocycles. The average molecular weight is 426 g/mol. The SMILES string of the molecule is CN(CC(c1cccs1)N1CCOCC1)C(=O)CCCCCCN.Cl.Cl. The van der Waals surface area contributed by atoms with E-state index in [9.17, 15) is 4.79 Å². The number of nitrogens with zero attached hydrogens (tertiary/aromatic N) is 2. The van der Waals surface area contributed by atoms with Crippen LogP contribution in [0.2, 0.25) is 0 Å². The summed E-state index contributed by atoms with van der Waals surface area (Å²) in [6.07, 6.45) is 4.88. The van der Waals surface area contributed by atoms with Crippen LogP contribution in [0, 0.1) is 0 Å². The number of likely N-dealkylation sites (N-methyl/N-ethyl adjacent to an activating group) is 1. The standard InChI is InChI=1S/C18H31N3O2S.2ClH/c1-20(18(22)8-4-2-3-5-9-19)15-16(17-7-6-14-24-17)21-10-12-23-13-11-21;;/h6-7,14,16H,2-5,8-13,15,19H2,1H3;2*1H. The van der Waals surface area contributed by atoms with E-state index in [4.69, 9.17) is 10.5 Å². The maximum atomic E-state index is 12.4. The molecule has 1 aliphatic rings. The molecule has 2 N–H and O–H groups in total. The number of rotatable bonds is 10. The van der Waals surface area contributed by atoms with Crippen LogP contribution in [0.3, 0.4) is 0 Å². The van der Waals surface area contributed by atoms with Gasteiger partial charge in [-0.1, -0.05) is 18.9 Å². The van der Waals surface area contributed by atoms with Gasteiger partial charge in [-0.2, -0.15) is 0 Å². The van der Waals surface area contributed by atoms with E-state index in [2.05, 4.69) is 22.4 Å². The largest absolute Gasteiger partial charge is 0.379 e. The molecule has 26 heavy (non-hydrogen) atoms. The van der Waals surface area contributed by atoms with Crippen LogP contribution in [-0.2, 0) is 9.53 Å². The van der Waals surface area contributed by atoms with Gasteiger partial charge < -0.3 is 15.4 Å². The minimum atomic E-state index is 0. The summed E-state index contributed by atoms with van der Waals surface area (Å²) >= 11 is 1.77. The van der Waals surface area contributed by atoms with Crippen molar-refractivity contribution in [3.8, 4) is 0 Å². The van der Waals surface area contributed by atoms with E-state index in [1.165, 1.54) is 4.88 Å². The lowest BCUT2D eigenvalue weighted by Gasteiger charge is -2.36. The van der Waals surface area contributed by atoms with Crippen LogP contribution < -0.4 is 5.73 Å². The lowest BCUT2D eigenvalue weighted by atomic mass is 10.1. The van der Waals surface area contributed by atoms with Crippen molar-refractivity contribution in [2.45, 2.75) is 38.1 Å². The van der Waals surface area contributed by atoms with Crippen LogP contribution in [0.25, 0.3) is 0 Å². The second kappa shape index (κ2) is 14.7. The van der Waals surface area contributed by atoms with Gasteiger partial charge in [0.15, 0.2) is 0 Å². The molecule has 0 spiro atoms. The molecule has 0 saturated carbocycles. The Kier molecular flexibility index (Phi) is 14.5. The summed E-state index contributed by atoms with van der Waals surface area (Å²) in [5.41, 5.74) is 5.50. The minimum Gasteiger partial charge on any atom is -0.379 e. The summed E-state index contributed by atoms with van der Waals surface area (Å²) in [7, 11) is 1.93. The highest BCUT2D eigenvalue weighted by Gasteiger charge is 2.25. The van der Waals surface area contributed by atoms with E-state index in [1.807, 2.05) is 11.9 Å². The third-order valence-corrected chi connectivity index (χ3v) is 5.55. The van der Waals surface area contributed by atoms with Crippen molar-refractivity contribution in [2.75, 3.05) is 46.4 Å². The summed E-state index contributed by atoms with van der Waals surface area (Å²) in [5, 5.41) is 2.11. The number of carbonyl (C=O) groups excluding carboxylic acids is 1. The van der Waals surface area contributed by atoms with Crippen LogP contribution in [0.5, 0.6) is 0 Å². The fourth-order valence-electron chi connectivity index (χ4n) is 3.08. The Bertz CT molecular complexity index is 471. The number of ether oxygens (including phenoxy) is 1. The van der Waals surface area contributed by atoms with Gasteiger partial charge in [0.1, 0.15) is 0 Å². The molecule has 0 aliphatic carbocycles. The van der Waals surface area contributed by atoms with Gasteiger partial charge in [-0.05, 0) is 30.8 Å². The highest BCUT2D eigenvalue weighted by molar-refractivity contribution is 7.10. The summed E-state index contributed by atoms with van der Waals surface area (Å²) in [5.74, 6) is 0.248. The second-order valence-corrected chi connectivity index (χ2v) is 7.39. The van der Waals surface area contributed by atoms with Gasteiger partial charge in [0, 0.05) is 38.0 Å². The number of carbonyl (C=O) groups is 1. The number of hydrogen-bond acceptors (Lipinski definition) is 5. The molecule has 0 bridgehead atoms. The van der Waals surface area contributed by atoms with Crippen molar-refractivity contribution in [1.82, 2.24) is 9.80 Å². The summed E-state index contributed by atoms with van der Waals surface area (Å²) in [6.45, 7) is 4.92. The minimum absolute atomic E-state index is 0. The van der Waals surface area contributed by atoms with Crippen molar-refractivity contribution in [1.29, 1.82) is 0 Å². The topological polar surface area (TPSA) is 58.8 Å². The predicted octanol–water partition coefficient (Wildman–Crippen LogP) is 3.33. The van der Waals surface area contributed by atoms with Crippen LogP contribution >= 0.6 is 36.2 Å². The molecule has 1 aromatic rings. The Morgan fingerprint density at radius 2 is 1.96 bits per heavy atom. The number of nitrogens with two attached hydrogens (primary N) is 1. The Morgan fingerprint density at radius 3 is 2.58 bits per heavy atom. The average Bonchev–Trinajstić information content (AvgIpc) is 3.14. The van der Waals surface area contributed by atoms with Gasteiger partial charge in [0.25, 0.3) is 0 Å². The van der Waals surface area contributed by atoms with Crippen molar-refractivity contribution in [2.24, 2.45) is 5.73 Å². The van der Waals surface area contributed by atoms with Gasteiger partial charge >= 0.3 is 0 Å². The molecule has 0 aromatic carbocycles. The molecule has 5 nitrogen and oxygen atoms in total. The van der Waals surface area contributed by atoms with Gasteiger partial charge in [-0.15, -0.1) is 36.2 Å². The third kappa shape index (κ3) is 8.55. The van der Waals surface area contributed by atoms with Gasteiger partial charge in [0.05, 0.1) is 19.3 Å². The van der Waals surface area contributed by atoms with E-state index in [-0.39, 0.29) is 36.8 Å². The maximum absolute atomic E-state index is 12.4. The monoisotopic (exact) mass is 425 g/mol. The molecular formula is C18H33Cl2N3O2S. The van der Waals surface area contributed by atoms with Gasteiger partial charge in [0.2, 0.25) is 5.91 Å². The zero-order valence-electron chi connectivity index (χ0n) is 15.6. The molecule has 1 aliphatic heterocycles.